The molecule has 0 aliphatic heterocycles. The van der Waals surface area contributed by atoms with E-state index < -0.39 is 22.4 Å². The Labute approximate surface area is 130 Å². The largest absolute Gasteiger partial charge is 0.319 e. The van der Waals surface area contributed by atoms with Gasteiger partial charge >= 0.3 is 6.55 Å². The van der Waals surface area contributed by atoms with Gasteiger partial charge in [-0.1, -0.05) is 11.6 Å². The van der Waals surface area contributed by atoms with E-state index in [-0.39, 0.29) is 22.3 Å². The molecule has 0 fully saturated rings. The van der Waals surface area contributed by atoms with Crippen LogP contribution in [0.1, 0.15) is 12.4 Å². The van der Waals surface area contributed by atoms with Crippen LogP contribution in [0.2, 0.25) is 5.02 Å². The summed E-state index contributed by atoms with van der Waals surface area (Å²) in [6.07, 6.45) is 2.19. The lowest BCUT2D eigenvalue weighted by molar-refractivity contribution is 0.0658. The maximum absolute atomic E-state index is 13.0. The molecule has 10 heteroatoms. The normalized spacial score (nSPS) is 12.3. The highest BCUT2D eigenvalue weighted by Gasteiger charge is 2.26. The lowest BCUT2D eigenvalue weighted by Crippen LogP contribution is -2.28. The number of benzene rings is 1. The number of halogens is 4. The molecule has 120 valence electrons. The first-order chi connectivity index (χ1) is 10.2. The van der Waals surface area contributed by atoms with Gasteiger partial charge in [-0.05, 0) is 18.2 Å². The van der Waals surface area contributed by atoms with E-state index in [4.69, 9.17) is 11.6 Å². The maximum Gasteiger partial charge on any atom is 0.319 e. The zero-order valence-electron chi connectivity index (χ0n) is 11.2. The summed E-state index contributed by atoms with van der Waals surface area (Å²) in [6, 6.07) is 2.83. The summed E-state index contributed by atoms with van der Waals surface area (Å²) in [6.45, 7) is -3.21. The Morgan fingerprint density at radius 1 is 1.41 bits per heavy atom. The van der Waals surface area contributed by atoms with Crippen LogP contribution in [-0.2, 0) is 16.6 Å². The number of hydrogen-bond donors (Lipinski definition) is 0. The van der Waals surface area contributed by atoms with Crippen molar-refractivity contribution >= 4 is 21.6 Å². The molecule has 1 heterocycles. The van der Waals surface area contributed by atoms with E-state index in [1.807, 2.05) is 0 Å². The molecule has 0 aliphatic rings. The molecule has 5 nitrogen and oxygen atoms in total. The topological polar surface area (TPSA) is 55.2 Å². The van der Waals surface area contributed by atoms with E-state index >= 15 is 0 Å². The summed E-state index contributed by atoms with van der Waals surface area (Å²) in [4.78, 5) is 3.39. The van der Waals surface area contributed by atoms with Gasteiger partial charge in [0.1, 0.15) is 16.5 Å². The summed E-state index contributed by atoms with van der Waals surface area (Å²) < 4.78 is 64.6. The van der Waals surface area contributed by atoms with Crippen LogP contribution in [0.15, 0.2) is 35.5 Å². The quantitative estimate of drug-likeness (QED) is 0.830. The summed E-state index contributed by atoms with van der Waals surface area (Å²) >= 11 is 5.74. The molecule has 1 aromatic carbocycles. The molecule has 2 rings (SSSR count). The standard InChI is InChI=1S/C12H11ClF3N3O2S/c1-18(7-11-17-4-5-19(11)12(15)16)22(20,21)10-3-2-8(14)6-9(10)13/h2-6,12H,7H2,1H3. The Morgan fingerprint density at radius 2 is 2.09 bits per heavy atom. The first kappa shape index (κ1) is 16.8. The second-order valence-electron chi connectivity index (χ2n) is 4.36. The van der Waals surface area contributed by atoms with E-state index in [1.54, 1.807) is 0 Å². The Morgan fingerprint density at radius 3 is 2.68 bits per heavy atom. The van der Waals surface area contributed by atoms with Gasteiger partial charge in [0.2, 0.25) is 10.0 Å². The fourth-order valence-corrected chi connectivity index (χ4v) is 3.41. The summed E-state index contributed by atoms with van der Waals surface area (Å²) in [5.41, 5.74) is 0. The maximum atomic E-state index is 13.0. The number of aromatic nitrogens is 2. The lowest BCUT2D eigenvalue weighted by atomic mass is 10.3. The van der Waals surface area contributed by atoms with Gasteiger partial charge < -0.3 is 0 Å². The molecule has 0 saturated carbocycles. The molecule has 0 aliphatic carbocycles. The van der Waals surface area contributed by atoms with Crippen molar-refractivity contribution in [3.63, 3.8) is 0 Å². The molecule has 0 bridgehead atoms. The van der Waals surface area contributed by atoms with Gasteiger partial charge in [0.05, 0.1) is 11.6 Å². The molecular formula is C12H11ClF3N3O2S. The zero-order valence-corrected chi connectivity index (χ0v) is 12.8. The summed E-state index contributed by atoms with van der Waals surface area (Å²) in [5, 5.41) is -0.288. The molecule has 0 atom stereocenters. The third-order valence-electron chi connectivity index (χ3n) is 2.91. The minimum atomic E-state index is -4.07. The molecule has 22 heavy (non-hydrogen) atoms. The highest BCUT2D eigenvalue weighted by atomic mass is 35.5. The molecule has 0 N–H and O–H groups in total. The minimum Gasteiger partial charge on any atom is -0.277 e. The molecular weight excluding hydrogens is 343 g/mol. The Hall–Kier alpha value is -1.58. The van der Waals surface area contributed by atoms with E-state index in [0.29, 0.717) is 4.57 Å². The van der Waals surface area contributed by atoms with Crippen LogP contribution in [0.5, 0.6) is 0 Å². The van der Waals surface area contributed by atoms with Gasteiger partial charge in [-0.25, -0.2) is 17.8 Å². The Kier molecular flexibility index (Phi) is 4.78. The van der Waals surface area contributed by atoms with E-state index in [2.05, 4.69) is 4.98 Å². The molecule has 2 aromatic rings. The van der Waals surface area contributed by atoms with E-state index in [1.165, 1.54) is 7.05 Å². The van der Waals surface area contributed by atoms with Crippen molar-refractivity contribution in [2.75, 3.05) is 7.05 Å². The average Bonchev–Trinajstić information content (AvgIpc) is 2.86. The van der Waals surface area contributed by atoms with Crippen molar-refractivity contribution in [3.8, 4) is 0 Å². The van der Waals surface area contributed by atoms with Crippen LogP contribution in [0, 0.1) is 5.82 Å². The summed E-state index contributed by atoms with van der Waals surface area (Å²) in [5.74, 6) is -0.806. The SMILES string of the molecule is CN(Cc1nccn1C(F)F)S(=O)(=O)c1ccc(F)cc1Cl. The number of nitrogens with zero attached hydrogens (tertiary/aromatic N) is 3. The van der Waals surface area contributed by atoms with Crippen LogP contribution >= 0.6 is 11.6 Å². The van der Waals surface area contributed by atoms with Gasteiger partial charge in [-0.2, -0.15) is 13.1 Å². The lowest BCUT2D eigenvalue weighted by Gasteiger charge is -2.18. The van der Waals surface area contributed by atoms with Gasteiger partial charge in [-0.3, -0.25) is 4.57 Å². The number of rotatable bonds is 5. The molecule has 1 aromatic heterocycles. The number of sulfonamides is 1. The zero-order chi connectivity index (χ0) is 16.5. The Bertz CT molecular complexity index is 780. The minimum absolute atomic E-state index is 0.126. The molecule has 0 unspecified atom stereocenters. The molecule has 0 amide bonds. The number of imidazole rings is 1. The van der Waals surface area contributed by atoms with Crippen molar-refractivity contribution in [1.29, 1.82) is 0 Å². The predicted molar refractivity (Wildman–Crippen MR) is 73.5 cm³/mol. The van der Waals surface area contributed by atoms with Crippen molar-refractivity contribution in [3.05, 3.63) is 47.3 Å². The third kappa shape index (κ3) is 3.26. The van der Waals surface area contributed by atoms with Gasteiger partial charge in [0.15, 0.2) is 0 Å². The smallest absolute Gasteiger partial charge is 0.277 e. The van der Waals surface area contributed by atoms with Crippen molar-refractivity contribution in [1.82, 2.24) is 13.9 Å². The Balaban J connectivity index is 2.31. The highest BCUT2D eigenvalue weighted by molar-refractivity contribution is 7.89. The van der Waals surface area contributed by atoms with Crippen LogP contribution in [0.3, 0.4) is 0 Å². The summed E-state index contributed by atoms with van der Waals surface area (Å²) in [7, 11) is -2.87. The van der Waals surface area contributed by atoms with Crippen molar-refractivity contribution in [2.45, 2.75) is 18.0 Å². The van der Waals surface area contributed by atoms with Crippen molar-refractivity contribution in [2.24, 2.45) is 0 Å². The number of hydrogen-bond acceptors (Lipinski definition) is 3. The molecule has 0 radical (unpaired) electrons. The van der Waals surface area contributed by atoms with Gasteiger partial charge in [0, 0.05) is 19.4 Å². The average molecular weight is 354 g/mol. The van der Waals surface area contributed by atoms with Crippen LogP contribution < -0.4 is 0 Å². The predicted octanol–water partition coefficient (Wildman–Crippen LogP) is 2.89. The first-order valence-electron chi connectivity index (χ1n) is 5.94. The highest BCUT2D eigenvalue weighted by Crippen LogP contribution is 2.26. The van der Waals surface area contributed by atoms with E-state index in [9.17, 15) is 21.6 Å². The second kappa shape index (κ2) is 6.27. The third-order valence-corrected chi connectivity index (χ3v) is 5.19. The molecule has 0 spiro atoms. The van der Waals surface area contributed by atoms with Crippen LogP contribution in [0.25, 0.3) is 0 Å². The van der Waals surface area contributed by atoms with Crippen LogP contribution in [0.4, 0.5) is 13.2 Å². The van der Waals surface area contributed by atoms with Crippen molar-refractivity contribution < 1.29 is 21.6 Å². The first-order valence-corrected chi connectivity index (χ1v) is 7.76. The molecule has 0 saturated heterocycles. The van der Waals surface area contributed by atoms with Gasteiger partial charge in [0.25, 0.3) is 0 Å². The van der Waals surface area contributed by atoms with Crippen LogP contribution in [-0.4, -0.2) is 29.3 Å². The van der Waals surface area contributed by atoms with E-state index in [0.717, 1.165) is 34.9 Å². The fraction of sp³-hybridized carbons (Fsp3) is 0.250. The second-order valence-corrected chi connectivity index (χ2v) is 6.78. The number of alkyl halides is 2. The fourth-order valence-electron chi connectivity index (χ4n) is 1.78. The van der Waals surface area contributed by atoms with Gasteiger partial charge in [-0.15, -0.1) is 0 Å². The monoisotopic (exact) mass is 353 g/mol.